The zero-order chi connectivity index (χ0) is 15.0. The first-order chi connectivity index (χ1) is 10.1. The zero-order valence-corrected chi connectivity index (χ0v) is 12.8. The SMILES string of the molecule is COc1cccc(C)c1-c1cc2nc(C)nc(Cl)c2cn1. The molecule has 0 atom stereocenters. The average molecular weight is 300 g/mol. The Morgan fingerprint density at radius 1 is 1.14 bits per heavy atom. The molecule has 0 aliphatic heterocycles. The minimum Gasteiger partial charge on any atom is -0.496 e. The van der Waals surface area contributed by atoms with Crippen LogP contribution in [-0.2, 0) is 0 Å². The quantitative estimate of drug-likeness (QED) is 0.672. The van der Waals surface area contributed by atoms with Crippen LogP contribution in [0.25, 0.3) is 22.2 Å². The van der Waals surface area contributed by atoms with Crippen LogP contribution < -0.4 is 4.74 Å². The molecule has 2 heterocycles. The van der Waals surface area contributed by atoms with Crippen molar-refractivity contribution in [2.45, 2.75) is 13.8 Å². The van der Waals surface area contributed by atoms with Gasteiger partial charge in [-0.1, -0.05) is 23.7 Å². The Morgan fingerprint density at radius 2 is 1.95 bits per heavy atom. The molecular formula is C16H14ClN3O. The number of ether oxygens (including phenoxy) is 1. The van der Waals surface area contributed by atoms with Crippen LogP contribution >= 0.6 is 11.6 Å². The normalized spacial score (nSPS) is 10.9. The van der Waals surface area contributed by atoms with E-state index < -0.39 is 0 Å². The highest BCUT2D eigenvalue weighted by molar-refractivity contribution is 6.34. The Balaban J connectivity index is 2.27. The van der Waals surface area contributed by atoms with Gasteiger partial charge in [-0.2, -0.15) is 0 Å². The lowest BCUT2D eigenvalue weighted by atomic mass is 10.0. The molecule has 0 aliphatic carbocycles. The van der Waals surface area contributed by atoms with Gasteiger partial charge in [-0.25, -0.2) is 9.97 Å². The first-order valence-electron chi connectivity index (χ1n) is 6.54. The molecule has 3 aromatic rings. The number of hydrogen-bond donors (Lipinski definition) is 0. The fourth-order valence-corrected chi connectivity index (χ4v) is 2.64. The predicted octanol–water partition coefficient (Wildman–Crippen LogP) is 3.97. The van der Waals surface area contributed by atoms with E-state index in [0.29, 0.717) is 11.0 Å². The van der Waals surface area contributed by atoms with Crippen LogP contribution in [0.2, 0.25) is 5.15 Å². The van der Waals surface area contributed by atoms with Crippen molar-refractivity contribution in [2.24, 2.45) is 0 Å². The standard InChI is InChI=1S/C16H14ClN3O/c1-9-5-4-6-14(21-3)15(9)13-7-12-11(8-18-13)16(17)20-10(2)19-12/h4-8H,1-3H3. The fourth-order valence-electron chi connectivity index (χ4n) is 2.37. The molecule has 3 rings (SSSR count). The molecule has 2 aromatic heterocycles. The largest absolute Gasteiger partial charge is 0.496 e. The van der Waals surface area contributed by atoms with E-state index in [-0.39, 0.29) is 0 Å². The maximum absolute atomic E-state index is 6.13. The van der Waals surface area contributed by atoms with Crippen LogP contribution in [0, 0.1) is 13.8 Å². The molecule has 0 N–H and O–H groups in total. The minimum absolute atomic E-state index is 0.424. The number of rotatable bonds is 2. The van der Waals surface area contributed by atoms with Crippen molar-refractivity contribution >= 4 is 22.5 Å². The first-order valence-corrected chi connectivity index (χ1v) is 6.92. The number of hydrogen-bond acceptors (Lipinski definition) is 4. The number of benzene rings is 1. The Morgan fingerprint density at radius 3 is 2.71 bits per heavy atom. The third-order valence-electron chi connectivity index (χ3n) is 3.36. The summed E-state index contributed by atoms with van der Waals surface area (Å²) in [6.07, 6.45) is 1.71. The summed E-state index contributed by atoms with van der Waals surface area (Å²) in [4.78, 5) is 13.1. The summed E-state index contributed by atoms with van der Waals surface area (Å²) in [6.45, 7) is 3.85. The number of aryl methyl sites for hydroxylation is 2. The smallest absolute Gasteiger partial charge is 0.142 e. The summed E-state index contributed by atoms with van der Waals surface area (Å²) in [5.41, 5.74) is 3.65. The molecule has 0 saturated carbocycles. The molecule has 4 nitrogen and oxygen atoms in total. The average Bonchev–Trinajstić information content (AvgIpc) is 2.46. The molecule has 0 saturated heterocycles. The molecule has 0 fully saturated rings. The van der Waals surface area contributed by atoms with Gasteiger partial charge in [0.25, 0.3) is 0 Å². The highest BCUT2D eigenvalue weighted by atomic mass is 35.5. The van der Waals surface area contributed by atoms with Crippen LogP contribution in [0.5, 0.6) is 5.75 Å². The molecule has 0 amide bonds. The van der Waals surface area contributed by atoms with Crippen molar-refractivity contribution < 1.29 is 4.74 Å². The lowest BCUT2D eigenvalue weighted by Crippen LogP contribution is -1.95. The second kappa shape index (κ2) is 5.30. The third-order valence-corrected chi connectivity index (χ3v) is 3.65. The number of fused-ring (bicyclic) bond motifs is 1. The summed E-state index contributed by atoms with van der Waals surface area (Å²) in [6, 6.07) is 7.83. The summed E-state index contributed by atoms with van der Waals surface area (Å²) in [7, 11) is 1.66. The van der Waals surface area contributed by atoms with Crippen LogP contribution in [0.15, 0.2) is 30.5 Å². The molecule has 0 aliphatic rings. The van der Waals surface area contributed by atoms with E-state index in [4.69, 9.17) is 16.3 Å². The van der Waals surface area contributed by atoms with Gasteiger partial charge in [0.05, 0.1) is 23.7 Å². The maximum Gasteiger partial charge on any atom is 0.142 e. The Bertz CT molecular complexity index is 833. The van der Waals surface area contributed by atoms with Gasteiger partial charge in [-0.3, -0.25) is 4.98 Å². The van der Waals surface area contributed by atoms with Gasteiger partial charge in [0.1, 0.15) is 16.7 Å². The Labute approximate surface area is 127 Å². The van der Waals surface area contributed by atoms with Crippen LogP contribution in [0.4, 0.5) is 0 Å². The monoisotopic (exact) mass is 299 g/mol. The van der Waals surface area contributed by atoms with Crippen LogP contribution in [0.3, 0.4) is 0 Å². The zero-order valence-electron chi connectivity index (χ0n) is 12.0. The molecule has 0 spiro atoms. The lowest BCUT2D eigenvalue weighted by molar-refractivity contribution is 0.416. The fraction of sp³-hybridized carbons (Fsp3) is 0.188. The van der Waals surface area contributed by atoms with Gasteiger partial charge in [0.2, 0.25) is 0 Å². The van der Waals surface area contributed by atoms with E-state index in [1.54, 1.807) is 13.3 Å². The molecular weight excluding hydrogens is 286 g/mol. The Kier molecular flexibility index (Phi) is 3.47. The molecule has 21 heavy (non-hydrogen) atoms. The third kappa shape index (κ3) is 2.43. The van der Waals surface area contributed by atoms with Crippen molar-refractivity contribution in [1.29, 1.82) is 0 Å². The van der Waals surface area contributed by atoms with E-state index in [0.717, 1.165) is 33.5 Å². The van der Waals surface area contributed by atoms with E-state index in [1.807, 2.05) is 38.1 Å². The molecule has 0 unspecified atom stereocenters. The predicted molar refractivity (Wildman–Crippen MR) is 83.8 cm³/mol. The number of halogens is 1. The number of methoxy groups -OCH3 is 1. The minimum atomic E-state index is 0.424. The van der Waals surface area contributed by atoms with Gasteiger partial charge < -0.3 is 4.74 Å². The summed E-state index contributed by atoms with van der Waals surface area (Å²) in [5.74, 6) is 1.43. The van der Waals surface area contributed by atoms with Crippen molar-refractivity contribution in [2.75, 3.05) is 7.11 Å². The highest BCUT2D eigenvalue weighted by Crippen LogP contribution is 2.33. The maximum atomic E-state index is 6.13. The summed E-state index contributed by atoms with van der Waals surface area (Å²) in [5, 5.41) is 1.17. The molecule has 1 aromatic carbocycles. The topological polar surface area (TPSA) is 47.9 Å². The number of nitrogens with zero attached hydrogens (tertiary/aromatic N) is 3. The molecule has 0 bridgehead atoms. The van der Waals surface area contributed by atoms with Crippen molar-refractivity contribution in [3.63, 3.8) is 0 Å². The molecule has 5 heteroatoms. The highest BCUT2D eigenvalue weighted by Gasteiger charge is 2.12. The summed E-state index contributed by atoms with van der Waals surface area (Å²) < 4.78 is 5.44. The van der Waals surface area contributed by atoms with Crippen LogP contribution in [-0.4, -0.2) is 22.1 Å². The number of aromatic nitrogens is 3. The lowest BCUT2D eigenvalue weighted by Gasteiger charge is -2.11. The van der Waals surface area contributed by atoms with Crippen LogP contribution in [0.1, 0.15) is 11.4 Å². The Hall–Kier alpha value is -2.20. The van der Waals surface area contributed by atoms with E-state index in [9.17, 15) is 0 Å². The summed E-state index contributed by atoms with van der Waals surface area (Å²) >= 11 is 6.13. The van der Waals surface area contributed by atoms with E-state index in [1.165, 1.54) is 0 Å². The van der Waals surface area contributed by atoms with Crippen molar-refractivity contribution in [1.82, 2.24) is 15.0 Å². The van der Waals surface area contributed by atoms with E-state index in [2.05, 4.69) is 15.0 Å². The second-order valence-corrected chi connectivity index (χ2v) is 5.16. The van der Waals surface area contributed by atoms with Gasteiger partial charge in [0.15, 0.2) is 0 Å². The van der Waals surface area contributed by atoms with Crippen molar-refractivity contribution in [3.05, 3.63) is 47.0 Å². The van der Waals surface area contributed by atoms with Gasteiger partial charge in [-0.15, -0.1) is 0 Å². The molecule has 106 valence electrons. The van der Waals surface area contributed by atoms with Gasteiger partial charge >= 0.3 is 0 Å². The second-order valence-electron chi connectivity index (χ2n) is 4.80. The van der Waals surface area contributed by atoms with E-state index >= 15 is 0 Å². The first kappa shape index (κ1) is 13.8. The number of pyridine rings is 1. The van der Waals surface area contributed by atoms with Crippen molar-refractivity contribution in [3.8, 4) is 17.0 Å². The van der Waals surface area contributed by atoms with Gasteiger partial charge in [-0.05, 0) is 31.5 Å². The molecule has 0 radical (unpaired) electrons. The van der Waals surface area contributed by atoms with Gasteiger partial charge in [0, 0.05) is 11.8 Å².